The van der Waals surface area contributed by atoms with Crippen molar-refractivity contribution in [3.63, 3.8) is 0 Å². The Balaban J connectivity index is 1.79. The zero-order valence-electron chi connectivity index (χ0n) is 15.4. The maximum atomic E-state index is 12.8. The minimum absolute atomic E-state index is 0.294. The van der Waals surface area contributed by atoms with E-state index in [1.54, 1.807) is 18.2 Å². The van der Waals surface area contributed by atoms with E-state index in [-0.39, 0.29) is 0 Å². The van der Waals surface area contributed by atoms with Gasteiger partial charge >= 0.3 is 11.2 Å². The van der Waals surface area contributed by atoms with Crippen molar-refractivity contribution < 1.29 is 9.47 Å². The number of nitrogens with one attached hydrogen (secondary N) is 2. The number of methoxy groups -OCH3 is 1. The van der Waals surface area contributed by atoms with Gasteiger partial charge in [0.15, 0.2) is 11.5 Å². The Kier molecular flexibility index (Phi) is 4.44. The maximum absolute atomic E-state index is 12.8. The number of benzene rings is 2. The second-order valence-corrected chi connectivity index (χ2v) is 6.06. The fourth-order valence-electron chi connectivity index (χ4n) is 3.06. The minimum Gasteiger partial charge on any atom is -0.493 e. The molecular formula is C20H18N4O4. The molecule has 0 aliphatic rings. The highest BCUT2D eigenvalue weighted by molar-refractivity contribution is 6.04. The first-order valence-corrected chi connectivity index (χ1v) is 8.73. The molecule has 4 rings (SSSR count). The second kappa shape index (κ2) is 7.07. The number of fused-ring (bicyclic) bond motifs is 3. The maximum Gasteiger partial charge on any atom is 0.350 e. The molecule has 2 N–H and O–H groups in total. The van der Waals surface area contributed by atoms with Crippen LogP contribution in [0.3, 0.4) is 0 Å². The molecule has 28 heavy (non-hydrogen) atoms. The van der Waals surface area contributed by atoms with Crippen molar-refractivity contribution in [1.82, 2.24) is 14.6 Å². The molecule has 0 saturated carbocycles. The molecule has 2 aromatic carbocycles. The molecule has 8 nitrogen and oxygen atoms in total. The average molecular weight is 378 g/mol. The molecule has 0 unspecified atom stereocenters. The van der Waals surface area contributed by atoms with Crippen molar-refractivity contribution in [2.24, 2.45) is 5.10 Å². The standard InChI is InChI=1S/C20H18N4O4/c1-3-28-15-9-8-12(10-16(15)27-2)11-21-24-19(25)18-17(23-20(24)26)13-6-4-5-7-14(13)22-18/h4-11,22H,3H2,1-2H3,(H,23,26)/b21-11-. The number of hydrogen-bond donors (Lipinski definition) is 2. The van der Waals surface area contributed by atoms with Gasteiger partial charge in [-0.3, -0.25) is 4.79 Å². The molecule has 0 bridgehead atoms. The zero-order chi connectivity index (χ0) is 19.7. The summed E-state index contributed by atoms with van der Waals surface area (Å²) in [6.45, 7) is 2.40. The normalized spacial score (nSPS) is 11.5. The number of aromatic amines is 2. The molecule has 0 radical (unpaired) electrons. The van der Waals surface area contributed by atoms with E-state index < -0.39 is 11.2 Å². The topological polar surface area (TPSA) is 101 Å². The Hall–Kier alpha value is -3.81. The third-order valence-electron chi connectivity index (χ3n) is 4.35. The predicted octanol–water partition coefficient (Wildman–Crippen LogP) is 2.46. The van der Waals surface area contributed by atoms with Crippen LogP contribution in [0.2, 0.25) is 0 Å². The molecule has 0 amide bonds. The average Bonchev–Trinajstić information content (AvgIpc) is 3.08. The monoisotopic (exact) mass is 378 g/mol. The van der Waals surface area contributed by atoms with Crippen LogP contribution in [-0.2, 0) is 0 Å². The number of para-hydroxylation sites is 1. The van der Waals surface area contributed by atoms with E-state index in [0.717, 1.165) is 15.6 Å². The molecular weight excluding hydrogens is 360 g/mol. The Morgan fingerprint density at radius 2 is 1.89 bits per heavy atom. The second-order valence-electron chi connectivity index (χ2n) is 6.06. The highest BCUT2D eigenvalue weighted by Crippen LogP contribution is 2.27. The number of ether oxygens (including phenoxy) is 2. The largest absolute Gasteiger partial charge is 0.493 e. The fourth-order valence-corrected chi connectivity index (χ4v) is 3.06. The summed E-state index contributed by atoms with van der Waals surface area (Å²) in [6.07, 6.45) is 1.42. The number of aromatic nitrogens is 3. The van der Waals surface area contributed by atoms with Crippen LogP contribution in [0.4, 0.5) is 0 Å². The Morgan fingerprint density at radius 1 is 1.07 bits per heavy atom. The smallest absolute Gasteiger partial charge is 0.350 e. The van der Waals surface area contributed by atoms with Gasteiger partial charge in [0.1, 0.15) is 5.52 Å². The Bertz CT molecular complexity index is 1310. The van der Waals surface area contributed by atoms with E-state index in [1.807, 2.05) is 31.2 Å². The Labute approximate surface area is 159 Å². The number of rotatable bonds is 5. The summed E-state index contributed by atoms with van der Waals surface area (Å²) in [4.78, 5) is 30.9. The molecule has 0 spiro atoms. The first-order chi connectivity index (χ1) is 13.6. The molecule has 0 saturated heterocycles. The molecule has 0 atom stereocenters. The van der Waals surface area contributed by atoms with Gasteiger partial charge in [-0.1, -0.05) is 18.2 Å². The van der Waals surface area contributed by atoms with Gasteiger partial charge < -0.3 is 19.4 Å². The van der Waals surface area contributed by atoms with Crippen molar-refractivity contribution in [1.29, 1.82) is 0 Å². The lowest BCUT2D eigenvalue weighted by Crippen LogP contribution is -2.32. The first kappa shape index (κ1) is 17.6. The highest BCUT2D eigenvalue weighted by atomic mass is 16.5. The van der Waals surface area contributed by atoms with E-state index in [0.29, 0.717) is 34.7 Å². The summed E-state index contributed by atoms with van der Waals surface area (Å²) in [6, 6.07) is 12.6. The molecule has 2 heterocycles. The first-order valence-electron chi connectivity index (χ1n) is 8.73. The lowest BCUT2D eigenvalue weighted by atomic mass is 10.2. The third-order valence-corrected chi connectivity index (χ3v) is 4.35. The van der Waals surface area contributed by atoms with Crippen LogP contribution in [0.25, 0.3) is 21.9 Å². The van der Waals surface area contributed by atoms with Crippen LogP contribution in [-0.4, -0.2) is 34.6 Å². The number of hydrogen-bond acceptors (Lipinski definition) is 5. The highest BCUT2D eigenvalue weighted by Gasteiger charge is 2.12. The summed E-state index contributed by atoms with van der Waals surface area (Å²) < 4.78 is 11.6. The van der Waals surface area contributed by atoms with E-state index in [2.05, 4.69) is 15.1 Å². The lowest BCUT2D eigenvalue weighted by Gasteiger charge is -2.09. The lowest BCUT2D eigenvalue weighted by molar-refractivity contribution is 0.311. The van der Waals surface area contributed by atoms with E-state index in [4.69, 9.17) is 9.47 Å². The van der Waals surface area contributed by atoms with Crippen LogP contribution in [0.15, 0.2) is 57.2 Å². The van der Waals surface area contributed by atoms with Crippen LogP contribution in [0, 0.1) is 0 Å². The SMILES string of the molecule is CCOc1ccc(/C=N\n2c(=O)[nH]c3c([nH]c4ccccc43)c2=O)cc1OC. The van der Waals surface area contributed by atoms with Gasteiger partial charge in [-0.05, 0) is 36.8 Å². The van der Waals surface area contributed by atoms with Crippen molar-refractivity contribution >= 4 is 28.2 Å². The third kappa shape index (κ3) is 2.94. The fraction of sp³-hybridized carbons (Fsp3) is 0.150. The van der Waals surface area contributed by atoms with Gasteiger partial charge in [-0.2, -0.15) is 5.10 Å². The van der Waals surface area contributed by atoms with Gasteiger partial charge in [0.2, 0.25) is 0 Å². The van der Waals surface area contributed by atoms with Gasteiger partial charge in [0.25, 0.3) is 0 Å². The summed E-state index contributed by atoms with van der Waals surface area (Å²) in [5.74, 6) is 1.15. The molecule has 8 heteroatoms. The minimum atomic E-state index is -0.614. The van der Waals surface area contributed by atoms with Gasteiger partial charge in [-0.15, -0.1) is 4.68 Å². The van der Waals surface area contributed by atoms with Crippen LogP contribution in [0.5, 0.6) is 11.5 Å². The van der Waals surface area contributed by atoms with Crippen LogP contribution < -0.4 is 20.7 Å². The van der Waals surface area contributed by atoms with Crippen molar-refractivity contribution in [2.75, 3.05) is 13.7 Å². The predicted molar refractivity (Wildman–Crippen MR) is 108 cm³/mol. The van der Waals surface area contributed by atoms with E-state index in [9.17, 15) is 9.59 Å². The summed E-state index contributed by atoms with van der Waals surface area (Å²) >= 11 is 0. The molecule has 2 aromatic heterocycles. The molecule has 4 aromatic rings. The summed E-state index contributed by atoms with van der Waals surface area (Å²) in [5.41, 5.74) is 1.05. The van der Waals surface area contributed by atoms with Crippen molar-refractivity contribution in [3.8, 4) is 11.5 Å². The molecule has 0 aliphatic heterocycles. The summed E-state index contributed by atoms with van der Waals surface area (Å²) in [7, 11) is 1.54. The van der Waals surface area contributed by atoms with Crippen molar-refractivity contribution in [2.45, 2.75) is 6.92 Å². The number of nitrogens with zero attached hydrogens (tertiary/aromatic N) is 2. The van der Waals surface area contributed by atoms with Crippen LogP contribution in [0.1, 0.15) is 12.5 Å². The summed E-state index contributed by atoms with van der Waals surface area (Å²) in [5, 5.41) is 4.84. The van der Waals surface area contributed by atoms with E-state index >= 15 is 0 Å². The zero-order valence-corrected chi connectivity index (χ0v) is 15.4. The van der Waals surface area contributed by atoms with E-state index in [1.165, 1.54) is 13.3 Å². The molecule has 142 valence electrons. The van der Waals surface area contributed by atoms with Gasteiger partial charge in [-0.25, -0.2) is 4.79 Å². The molecule has 0 aliphatic carbocycles. The van der Waals surface area contributed by atoms with Gasteiger partial charge in [0, 0.05) is 10.9 Å². The quantitative estimate of drug-likeness (QED) is 0.521. The van der Waals surface area contributed by atoms with Crippen molar-refractivity contribution in [3.05, 3.63) is 68.9 Å². The van der Waals surface area contributed by atoms with Crippen LogP contribution >= 0.6 is 0 Å². The van der Waals surface area contributed by atoms with Gasteiger partial charge in [0.05, 0.1) is 25.4 Å². The Morgan fingerprint density at radius 3 is 2.68 bits per heavy atom. The molecule has 0 fully saturated rings. The number of H-pyrrole nitrogens is 2.